The summed E-state index contributed by atoms with van der Waals surface area (Å²) in [5.41, 5.74) is 3.81. The molecule has 18 heavy (non-hydrogen) atoms. The zero-order valence-corrected chi connectivity index (χ0v) is 11.1. The molecule has 94 valence electrons. The minimum absolute atomic E-state index is 0.877. The Kier molecular flexibility index (Phi) is 3.82. The molecular weight excluding hydrogens is 222 g/mol. The normalized spacial score (nSPS) is 10.2. The molecule has 0 unspecified atom stereocenters. The molecule has 1 heterocycles. The van der Waals surface area contributed by atoms with E-state index in [-0.39, 0.29) is 0 Å². The van der Waals surface area contributed by atoms with E-state index in [0.29, 0.717) is 0 Å². The third kappa shape index (κ3) is 2.80. The quantitative estimate of drug-likeness (QED) is 0.891. The van der Waals surface area contributed by atoms with Gasteiger partial charge >= 0.3 is 0 Å². The third-order valence-electron chi connectivity index (χ3n) is 3.03. The number of benzene rings is 1. The number of anilines is 2. The van der Waals surface area contributed by atoms with Crippen LogP contribution in [-0.2, 0) is 6.54 Å². The molecule has 3 heteroatoms. The maximum absolute atomic E-state index is 4.23. The Hall–Kier alpha value is -2.03. The van der Waals surface area contributed by atoms with Crippen LogP contribution in [-0.4, -0.2) is 19.1 Å². The summed E-state index contributed by atoms with van der Waals surface area (Å²) < 4.78 is 0. The standard InChI is InChI=1S/C15H19N3/c1-12-6-4-5-7-14(12)18(3)11-13-8-9-17-15(10-13)16-2/h4-10H,11H2,1-3H3,(H,16,17). The second-order valence-electron chi connectivity index (χ2n) is 4.44. The van der Waals surface area contributed by atoms with E-state index in [1.54, 1.807) is 0 Å². The van der Waals surface area contributed by atoms with Gasteiger partial charge in [-0.3, -0.25) is 0 Å². The lowest BCUT2D eigenvalue weighted by Crippen LogP contribution is -2.17. The van der Waals surface area contributed by atoms with E-state index in [9.17, 15) is 0 Å². The summed E-state index contributed by atoms with van der Waals surface area (Å²) in [5, 5.41) is 3.06. The molecule has 2 rings (SSSR count). The Labute approximate surface area is 108 Å². The number of nitrogens with zero attached hydrogens (tertiary/aromatic N) is 2. The van der Waals surface area contributed by atoms with Crippen LogP contribution in [0.1, 0.15) is 11.1 Å². The fraction of sp³-hybridized carbons (Fsp3) is 0.267. The van der Waals surface area contributed by atoms with Crippen LogP contribution in [0, 0.1) is 6.92 Å². The van der Waals surface area contributed by atoms with E-state index < -0.39 is 0 Å². The molecule has 2 aromatic rings. The van der Waals surface area contributed by atoms with Crippen LogP contribution in [0.5, 0.6) is 0 Å². The topological polar surface area (TPSA) is 28.2 Å². The first-order valence-corrected chi connectivity index (χ1v) is 6.10. The molecule has 1 aromatic heterocycles. The van der Waals surface area contributed by atoms with Gasteiger partial charge in [0, 0.05) is 32.5 Å². The number of nitrogens with one attached hydrogen (secondary N) is 1. The van der Waals surface area contributed by atoms with Crippen LogP contribution in [0.3, 0.4) is 0 Å². The van der Waals surface area contributed by atoms with Gasteiger partial charge in [-0.25, -0.2) is 4.98 Å². The van der Waals surface area contributed by atoms with Crippen molar-refractivity contribution in [2.24, 2.45) is 0 Å². The summed E-state index contributed by atoms with van der Waals surface area (Å²) in [6.45, 7) is 3.01. The zero-order chi connectivity index (χ0) is 13.0. The zero-order valence-electron chi connectivity index (χ0n) is 11.1. The van der Waals surface area contributed by atoms with Gasteiger partial charge in [-0.1, -0.05) is 18.2 Å². The minimum atomic E-state index is 0.877. The summed E-state index contributed by atoms with van der Waals surface area (Å²) in [5.74, 6) is 0.908. The Balaban J connectivity index is 2.16. The van der Waals surface area contributed by atoms with Crippen molar-refractivity contribution in [3.8, 4) is 0 Å². The molecule has 0 bridgehead atoms. The molecule has 0 aliphatic heterocycles. The molecule has 0 saturated carbocycles. The average Bonchev–Trinajstić information content (AvgIpc) is 2.39. The molecule has 1 N–H and O–H groups in total. The average molecular weight is 241 g/mol. The molecule has 0 spiro atoms. The van der Waals surface area contributed by atoms with Gasteiger partial charge in [-0.2, -0.15) is 0 Å². The number of hydrogen-bond donors (Lipinski definition) is 1. The van der Waals surface area contributed by atoms with Crippen molar-refractivity contribution < 1.29 is 0 Å². The largest absolute Gasteiger partial charge is 0.373 e. The van der Waals surface area contributed by atoms with Gasteiger partial charge < -0.3 is 10.2 Å². The highest BCUT2D eigenvalue weighted by Gasteiger charge is 2.05. The van der Waals surface area contributed by atoms with Gasteiger partial charge in [0.05, 0.1) is 0 Å². The summed E-state index contributed by atoms with van der Waals surface area (Å²) in [4.78, 5) is 6.48. The van der Waals surface area contributed by atoms with E-state index in [0.717, 1.165) is 12.4 Å². The van der Waals surface area contributed by atoms with Crippen molar-refractivity contribution in [3.63, 3.8) is 0 Å². The molecule has 0 aliphatic rings. The molecule has 0 aliphatic carbocycles. The van der Waals surface area contributed by atoms with Crippen LogP contribution < -0.4 is 10.2 Å². The van der Waals surface area contributed by atoms with E-state index >= 15 is 0 Å². The summed E-state index contributed by atoms with van der Waals surface area (Å²) in [6.07, 6.45) is 1.84. The molecule has 0 saturated heterocycles. The van der Waals surface area contributed by atoms with Crippen molar-refractivity contribution in [1.82, 2.24) is 4.98 Å². The molecular formula is C15H19N3. The first-order valence-electron chi connectivity index (χ1n) is 6.10. The van der Waals surface area contributed by atoms with Gasteiger partial charge in [-0.05, 0) is 36.2 Å². The van der Waals surface area contributed by atoms with Gasteiger partial charge in [0.1, 0.15) is 5.82 Å². The number of hydrogen-bond acceptors (Lipinski definition) is 3. The van der Waals surface area contributed by atoms with Crippen LogP contribution in [0.25, 0.3) is 0 Å². The highest BCUT2D eigenvalue weighted by molar-refractivity contribution is 5.53. The molecule has 0 atom stereocenters. The van der Waals surface area contributed by atoms with Crippen LogP contribution in [0.15, 0.2) is 42.6 Å². The van der Waals surface area contributed by atoms with Crippen molar-refractivity contribution >= 4 is 11.5 Å². The Morgan fingerprint density at radius 2 is 2.00 bits per heavy atom. The number of aromatic nitrogens is 1. The maximum Gasteiger partial charge on any atom is 0.125 e. The number of para-hydroxylation sites is 1. The highest BCUT2D eigenvalue weighted by Crippen LogP contribution is 2.20. The van der Waals surface area contributed by atoms with Crippen molar-refractivity contribution in [3.05, 3.63) is 53.7 Å². The molecule has 0 fully saturated rings. The first-order chi connectivity index (χ1) is 8.70. The van der Waals surface area contributed by atoms with Gasteiger partial charge in [0.2, 0.25) is 0 Å². The second-order valence-corrected chi connectivity index (χ2v) is 4.44. The Morgan fingerprint density at radius 3 is 2.72 bits per heavy atom. The lowest BCUT2D eigenvalue weighted by atomic mass is 10.1. The monoisotopic (exact) mass is 241 g/mol. The van der Waals surface area contributed by atoms with Gasteiger partial charge in [0.15, 0.2) is 0 Å². The van der Waals surface area contributed by atoms with Crippen LogP contribution in [0.4, 0.5) is 11.5 Å². The molecule has 3 nitrogen and oxygen atoms in total. The number of aryl methyl sites for hydroxylation is 1. The van der Waals surface area contributed by atoms with E-state index in [1.807, 2.05) is 13.2 Å². The smallest absolute Gasteiger partial charge is 0.125 e. The predicted molar refractivity (Wildman–Crippen MR) is 77.1 cm³/mol. The second kappa shape index (κ2) is 5.54. The number of pyridine rings is 1. The lowest BCUT2D eigenvalue weighted by molar-refractivity contribution is 0.914. The van der Waals surface area contributed by atoms with E-state index in [4.69, 9.17) is 0 Å². The highest BCUT2D eigenvalue weighted by atomic mass is 15.1. The van der Waals surface area contributed by atoms with Crippen LogP contribution in [0.2, 0.25) is 0 Å². The van der Waals surface area contributed by atoms with Crippen molar-refractivity contribution in [2.45, 2.75) is 13.5 Å². The summed E-state index contributed by atoms with van der Waals surface area (Å²) in [7, 11) is 4.00. The van der Waals surface area contributed by atoms with E-state index in [2.05, 4.69) is 65.6 Å². The van der Waals surface area contributed by atoms with Crippen molar-refractivity contribution in [2.75, 3.05) is 24.3 Å². The fourth-order valence-electron chi connectivity index (χ4n) is 2.06. The lowest BCUT2D eigenvalue weighted by Gasteiger charge is -2.21. The molecule has 0 radical (unpaired) electrons. The maximum atomic E-state index is 4.23. The Morgan fingerprint density at radius 1 is 1.22 bits per heavy atom. The SMILES string of the molecule is CNc1cc(CN(C)c2ccccc2C)ccn1. The summed E-state index contributed by atoms with van der Waals surface area (Å²) in [6, 6.07) is 12.6. The minimum Gasteiger partial charge on any atom is -0.373 e. The van der Waals surface area contributed by atoms with Gasteiger partial charge in [0.25, 0.3) is 0 Å². The molecule has 0 amide bonds. The van der Waals surface area contributed by atoms with Crippen LogP contribution >= 0.6 is 0 Å². The number of rotatable bonds is 4. The van der Waals surface area contributed by atoms with E-state index in [1.165, 1.54) is 16.8 Å². The molecule has 1 aromatic carbocycles. The Bertz CT molecular complexity index is 523. The fourth-order valence-corrected chi connectivity index (χ4v) is 2.06. The van der Waals surface area contributed by atoms with Crippen molar-refractivity contribution in [1.29, 1.82) is 0 Å². The predicted octanol–water partition coefficient (Wildman–Crippen LogP) is 3.07. The summed E-state index contributed by atoms with van der Waals surface area (Å²) >= 11 is 0. The third-order valence-corrected chi connectivity index (χ3v) is 3.03. The van der Waals surface area contributed by atoms with Gasteiger partial charge in [-0.15, -0.1) is 0 Å². The first kappa shape index (κ1) is 12.4.